The van der Waals surface area contributed by atoms with E-state index < -0.39 is 0 Å². The number of amides is 1. The third-order valence-electron chi connectivity index (χ3n) is 5.19. The second-order valence-electron chi connectivity index (χ2n) is 7.52. The lowest BCUT2D eigenvalue weighted by molar-refractivity contribution is -0.130. The highest BCUT2D eigenvalue weighted by molar-refractivity contribution is 14.0. The Morgan fingerprint density at radius 1 is 1.07 bits per heavy atom. The van der Waals surface area contributed by atoms with Crippen LogP contribution in [0.2, 0.25) is 0 Å². The van der Waals surface area contributed by atoms with Crippen LogP contribution in [0.1, 0.15) is 44.1 Å². The van der Waals surface area contributed by atoms with Crippen LogP contribution in [0.25, 0.3) is 0 Å². The molecule has 0 aliphatic carbocycles. The maximum absolute atomic E-state index is 12.3. The highest BCUT2D eigenvalue weighted by atomic mass is 127. The summed E-state index contributed by atoms with van der Waals surface area (Å²) < 4.78 is 0. The number of carbonyl (C=O) groups is 1. The molecule has 1 heterocycles. The number of guanidine groups is 1. The second kappa shape index (κ2) is 15.5. The number of carbonyl (C=O) groups excluding carboxylic acids is 1. The van der Waals surface area contributed by atoms with E-state index in [0.29, 0.717) is 19.5 Å². The predicted octanol–water partition coefficient (Wildman–Crippen LogP) is 3.08. The van der Waals surface area contributed by atoms with Crippen LogP contribution >= 0.6 is 24.0 Å². The van der Waals surface area contributed by atoms with Crippen LogP contribution < -0.4 is 10.6 Å². The Hall–Kier alpha value is -1.35. The molecule has 1 fully saturated rings. The number of aliphatic imine (C=N–C) groups is 1. The summed E-state index contributed by atoms with van der Waals surface area (Å²) in [6.07, 6.45) is 7.00. The molecule has 0 atom stereocenters. The topological polar surface area (TPSA) is 60.0 Å². The zero-order chi connectivity index (χ0) is 20.0. The predicted molar refractivity (Wildman–Crippen MR) is 132 cm³/mol. The molecule has 0 spiro atoms. The van der Waals surface area contributed by atoms with E-state index in [4.69, 9.17) is 0 Å². The average Bonchev–Trinajstić information content (AvgIpc) is 2.99. The molecule has 1 aromatic carbocycles. The Balaban J connectivity index is 0.00000420. The molecule has 0 saturated carbocycles. The number of hydrogen-bond acceptors (Lipinski definition) is 3. The summed E-state index contributed by atoms with van der Waals surface area (Å²) in [4.78, 5) is 20.9. The van der Waals surface area contributed by atoms with E-state index in [9.17, 15) is 4.79 Å². The van der Waals surface area contributed by atoms with Crippen molar-refractivity contribution in [3.63, 3.8) is 0 Å². The Kier molecular flexibility index (Phi) is 13.7. The van der Waals surface area contributed by atoms with Gasteiger partial charge in [0, 0.05) is 40.2 Å². The van der Waals surface area contributed by atoms with Gasteiger partial charge in [0.25, 0.3) is 0 Å². The molecule has 0 unspecified atom stereocenters. The number of rotatable bonds is 9. The Labute approximate surface area is 193 Å². The first-order valence-electron chi connectivity index (χ1n) is 10.6. The minimum atomic E-state index is 0. The monoisotopic (exact) mass is 515 g/mol. The van der Waals surface area contributed by atoms with Crippen molar-refractivity contribution >= 4 is 35.8 Å². The lowest BCUT2D eigenvalue weighted by Gasteiger charge is -2.20. The van der Waals surface area contributed by atoms with Crippen LogP contribution in [-0.4, -0.2) is 68.5 Å². The van der Waals surface area contributed by atoms with Gasteiger partial charge in [0.2, 0.25) is 5.91 Å². The molecule has 1 aromatic rings. The number of halogens is 1. The minimum absolute atomic E-state index is 0. The maximum Gasteiger partial charge on any atom is 0.224 e. The van der Waals surface area contributed by atoms with Crippen molar-refractivity contribution in [3.8, 4) is 0 Å². The normalized spacial score (nSPS) is 15.2. The minimum Gasteiger partial charge on any atom is -0.356 e. The number of nitrogens with one attached hydrogen (secondary N) is 2. The van der Waals surface area contributed by atoms with Gasteiger partial charge in [-0.15, -0.1) is 24.0 Å². The molecule has 0 radical (unpaired) electrons. The molecule has 0 bridgehead atoms. The van der Waals surface area contributed by atoms with Crippen LogP contribution in [0.3, 0.4) is 0 Å². The van der Waals surface area contributed by atoms with E-state index in [1.54, 1.807) is 11.9 Å². The van der Waals surface area contributed by atoms with Gasteiger partial charge in [0.05, 0.1) is 0 Å². The summed E-state index contributed by atoms with van der Waals surface area (Å²) in [6.45, 7) is 5.76. The van der Waals surface area contributed by atoms with Gasteiger partial charge < -0.3 is 20.4 Å². The van der Waals surface area contributed by atoms with E-state index in [0.717, 1.165) is 31.0 Å². The third kappa shape index (κ3) is 10.8. The molecular formula is C22H38IN5O. The Bertz CT molecular complexity index is 588. The highest BCUT2D eigenvalue weighted by Gasteiger charge is 2.10. The number of nitrogens with zero attached hydrogens (tertiary/aromatic N) is 3. The maximum atomic E-state index is 12.3. The van der Waals surface area contributed by atoms with Crippen molar-refractivity contribution in [3.05, 3.63) is 35.9 Å². The number of benzene rings is 1. The van der Waals surface area contributed by atoms with Crippen molar-refractivity contribution in [2.75, 3.05) is 46.8 Å². The van der Waals surface area contributed by atoms with E-state index in [1.165, 1.54) is 38.8 Å². The van der Waals surface area contributed by atoms with Crippen molar-refractivity contribution in [1.82, 2.24) is 20.4 Å². The molecule has 1 aliphatic rings. The van der Waals surface area contributed by atoms with Gasteiger partial charge in [0.15, 0.2) is 5.96 Å². The zero-order valence-electron chi connectivity index (χ0n) is 18.0. The van der Waals surface area contributed by atoms with Crippen molar-refractivity contribution in [2.45, 2.75) is 45.1 Å². The smallest absolute Gasteiger partial charge is 0.224 e. The summed E-state index contributed by atoms with van der Waals surface area (Å²) in [7, 11) is 3.62. The second-order valence-corrected chi connectivity index (χ2v) is 7.52. The van der Waals surface area contributed by atoms with Crippen LogP contribution in [0, 0.1) is 0 Å². The largest absolute Gasteiger partial charge is 0.356 e. The van der Waals surface area contributed by atoms with Gasteiger partial charge in [-0.25, -0.2) is 0 Å². The molecule has 0 aromatic heterocycles. The molecule has 1 saturated heterocycles. The Morgan fingerprint density at radius 3 is 2.38 bits per heavy atom. The van der Waals surface area contributed by atoms with Gasteiger partial charge in [-0.05, 0) is 44.5 Å². The van der Waals surface area contributed by atoms with E-state index in [-0.39, 0.29) is 29.9 Å². The quantitative estimate of drug-likeness (QED) is 0.230. The molecule has 2 N–H and O–H groups in total. The van der Waals surface area contributed by atoms with Crippen molar-refractivity contribution in [1.29, 1.82) is 0 Å². The van der Waals surface area contributed by atoms with Crippen LogP contribution in [0.4, 0.5) is 0 Å². The van der Waals surface area contributed by atoms with E-state index in [1.807, 2.05) is 37.4 Å². The molecule has 2 rings (SSSR count). The van der Waals surface area contributed by atoms with Gasteiger partial charge in [-0.3, -0.25) is 9.79 Å². The fraction of sp³-hybridized carbons (Fsp3) is 0.636. The van der Waals surface area contributed by atoms with Crippen LogP contribution in [0.15, 0.2) is 35.3 Å². The van der Waals surface area contributed by atoms with Crippen molar-refractivity contribution in [2.24, 2.45) is 4.99 Å². The third-order valence-corrected chi connectivity index (χ3v) is 5.19. The highest BCUT2D eigenvalue weighted by Crippen LogP contribution is 2.09. The SMILES string of the molecule is CN=C(NCCCN1CCCCCC1)NCCC(=O)N(C)Cc1ccccc1.I. The van der Waals surface area contributed by atoms with E-state index in [2.05, 4.69) is 20.5 Å². The van der Waals surface area contributed by atoms with E-state index >= 15 is 0 Å². The molecule has 164 valence electrons. The van der Waals surface area contributed by atoms with Crippen LogP contribution in [-0.2, 0) is 11.3 Å². The first-order valence-corrected chi connectivity index (χ1v) is 10.6. The number of likely N-dealkylation sites (tertiary alicyclic amines) is 1. The lowest BCUT2D eigenvalue weighted by atomic mass is 10.2. The summed E-state index contributed by atoms with van der Waals surface area (Å²) in [5, 5.41) is 6.60. The first kappa shape index (κ1) is 25.7. The fourth-order valence-corrected chi connectivity index (χ4v) is 3.51. The van der Waals surface area contributed by atoms with Gasteiger partial charge in [-0.2, -0.15) is 0 Å². The summed E-state index contributed by atoms with van der Waals surface area (Å²) >= 11 is 0. The van der Waals surface area contributed by atoms with Gasteiger partial charge in [0.1, 0.15) is 0 Å². The molecule has 6 nitrogen and oxygen atoms in total. The van der Waals surface area contributed by atoms with Gasteiger partial charge in [-0.1, -0.05) is 43.2 Å². The molecule has 1 aliphatic heterocycles. The summed E-state index contributed by atoms with van der Waals surface area (Å²) in [5.41, 5.74) is 1.15. The standard InChI is InChI=1S/C22H37N5O.HI/c1-23-22(24-14-10-18-27-16-8-3-4-9-17-27)25-15-13-21(28)26(2)19-20-11-6-5-7-12-20;/h5-7,11-12H,3-4,8-10,13-19H2,1-2H3,(H2,23,24,25);1H. The van der Waals surface area contributed by atoms with Crippen LogP contribution in [0.5, 0.6) is 0 Å². The number of hydrogen-bond donors (Lipinski definition) is 2. The van der Waals surface area contributed by atoms with Gasteiger partial charge >= 0.3 is 0 Å². The first-order chi connectivity index (χ1) is 13.7. The molecule has 1 amide bonds. The summed E-state index contributed by atoms with van der Waals surface area (Å²) in [5.74, 6) is 0.905. The van der Waals surface area contributed by atoms with Crippen molar-refractivity contribution < 1.29 is 4.79 Å². The molecule has 7 heteroatoms. The molecule has 29 heavy (non-hydrogen) atoms. The molecular weight excluding hydrogens is 477 g/mol. The average molecular weight is 515 g/mol. The fourth-order valence-electron chi connectivity index (χ4n) is 3.51. The zero-order valence-corrected chi connectivity index (χ0v) is 20.4. The Morgan fingerprint density at radius 2 is 1.72 bits per heavy atom. The lowest BCUT2D eigenvalue weighted by Crippen LogP contribution is -2.40. The summed E-state index contributed by atoms with van der Waals surface area (Å²) in [6, 6.07) is 10.1.